The molecule has 1 saturated heterocycles. The first-order chi connectivity index (χ1) is 11.6. The van der Waals surface area contributed by atoms with Crippen molar-refractivity contribution in [3.63, 3.8) is 0 Å². The van der Waals surface area contributed by atoms with Gasteiger partial charge in [-0.1, -0.05) is 0 Å². The number of aromatic nitrogens is 3. The molecule has 0 spiro atoms. The number of amides is 2. The lowest BCUT2D eigenvalue weighted by atomic mass is 10.0. The molecule has 1 aliphatic heterocycles. The number of H-pyrrole nitrogens is 1. The summed E-state index contributed by atoms with van der Waals surface area (Å²) in [6.45, 7) is 0.678. The van der Waals surface area contributed by atoms with Gasteiger partial charge in [-0.25, -0.2) is 4.98 Å². The van der Waals surface area contributed by atoms with Gasteiger partial charge < -0.3 is 20.1 Å². The molecule has 2 aromatic rings. The Morgan fingerprint density at radius 2 is 2.42 bits per heavy atom. The molecule has 10 heteroatoms. The molecule has 0 unspecified atom stereocenters. The predicted molar refractivity (Wildman–Crippen MR) is 84.7 cm³/mol. The summed E-state index contributed by atoms with van der Waals surface area (Å²) < 4.78 is 5.40. The van der Waals surface area contributed by atoms with E-state index in [0.29, 0.717) is 24.5 Å². The van der Waals surface area contributed by atoms with Crippen LogP contribution in [0, 0.1) is 0 Å². The molecule has 0 saturated carbocycles. The van der Waals surface area contributed by atoms with E-state index in [4.69, 9.17) is 4.74 Å². The van der Waals surface area contributed by atoms with Crippen molar-refractivity contribution in [1.82, 2.24) is 25.4 Å². The minimum Gasteiger partial charge on any atom is -0.384 e. The molecule has 0 radical (unpaired) electrons. The Hall–Kier alpha value is -2.30. The molecule has 1 atom stereocenters. The van der Waals surface area contributed by atoms with Crippen molar-refractivity contribution in [3.05, 3.63) is 34.5 Å². The molecule has 9 nitrogen and oxygen atoms in total. The van der Waals surface area contributed by atoms with Crippen LogP contribution in [0.2, 0.25) is 0 Å². The lowest BCUT2D eigenvalue weighted by Gasteiger charge is -2.30. The van der Waals surface area contributed by atoms with Crippen LogP contribution in [0.1, 0.15) is 21.0 Å². The van der Waals surface area contributed by atoms with Crippen LogP contribution < -0.4 is 5.32 Å². The lowest BCUT2D eigenvalue weighted by molar-refractivity contribution is -0.0324. The Bertz CT molecular complexity index is 690. The van der Waals surface area contributed by atoms with Gasteiger partial charge >= 0.3 is 0 Å². The Labute approximate surface area is 141 Å². The maximum atomic E-state index is 12.4. The van der Waals surface area contributed by atoms with Gasteiger partial charge in [-0.15, -0.1) is 11.3 Å². The fourth-order valence-electron chi connectivity index (χ4n) is 2.40. The second kappa shape index (κ2) is 7.07. The molecule has 3 rings (SSSR count). The first-order valence-corrected chi connectivity index (χ1v) is 8.27. The highest BCUT2D eigenvalue weighted by Gasteiger charge is 2.35. The van der Waals surface area contributed by atoms with E-state index in [2.05, 4.69) is 20.5 Å². The van der Waals surface area contributed by atoms with Crippen LogP contribution in [0.5, 0.6) is 0 Å². The van der Waals surface area contributed by atoms with E-state index < -0.39 is 5.60 Å². The molecular formula is C14H17N5O4S. The molecule has 0 bridgehead atoms. The Kier molecular flexibility index (Phi) is 4.88. The number of ether oxygens (including phenoxy) is 1. The standard InChI is InChI=1S/C14H17N5O4S/c20-12(11-5-24-9-16-11)15-6-14(22)7-19(3-4-23-8-14)13(21)10-1-2-17-18-10/h1-2,5,9,22H,3-4,6-8H2,(H,15,20)(H,17,18)/t14-/m0/s1. The second-order valence-electron chi connectivity index (χ2n) is 5.53. The van der Waals surface area contributed by atoms with Gasteiger partial charge in [-0.3, -0.25) is 14.7 Å². The number of thiazole rings is 1. The van der Waals surface area contributed by atoms with Crippen LogP contribution in [-0.4, -0.2) is 75.5 Å². The number of hydrogen-bond acceptors (Lipinski definition) is 7. The molecule has 24 heavy (non-hydrogen) atoms. The number of nitrogens with one attached hydrogen (secondary N) is 2. The molecule has 0 aliphatic carbocycles. The molecule has 1 fully saturated rings. The number of aromatic amines is 1. The number of nitrogens with zero attached hydrogens (tertiary/aromatic N) is 3. The van der Waals surface area contributed by atoms with Crippen molar-refractivity contribution in [2.24, 2.45) is 0 Å². The third-order valence-electron chi connectivity index (χ3n) is 3.62. The summed E-state index contributed by atoms with van der Waals surface area (Å²) in [6.07, 6.45) is 1.49. The van der Waals surface area contributed by atoms with Gasteiger partial charge in [0.15, 0.2) is 0 Å². The van der Waals surface area contributed by atoms with Gasteiger partial charge in [0, 0.05) is 18.1 Å². The number of carbonyl (C=O) groups excluding carboxylic acids is 2. The van der Waals surface area contributed by atoms with Crippen LogP contribution in [0.25, 0.3) is 0 Å². The lowest BCUT2D eigenvalue weighted by Crippen LogP contribution is -2.53. The van der Waals surface area contributed by atoms with Crippen molar-refractivity contribution in [2.45, 2.75) is 5.60 Å². The molecule has 3 N–H and O–H groups in total. The quantitative estimate of drug-likeness (QED) is 0.683. The summed E-state index contributed by atoms with van der Waals surface area (Å²) in [4.78, 5) is 29.8. The highest BCUT2D eigenvalue weighted by molar-refractivity contribution is 7.07. The predicted octanol–water partition coefficient (Wildman–Crippen LogP) is -0.500. The van der Waals surface area contributed by atoms with Gasteiger partial charge in [0.05, 0.1) is 31.8 Å². The molecule has 1 aliphatic rings. The number of aliphatic hydroxyl groups is 1. The number of β-amino-alcohol motifs (C(OH)–C–C–N with tert-alkyl or cyclic N) is 1. The Balaban J connectivity index is 1.64. The van der Waals surface area contributed by atoms with Crippen LogP contribution in [0.4, 0.5) is 0 Å². The third kappa shape index (κ3) is 3.78. The summed E-state index contributed by atoms with van der Waals surface area (Å²) in [5.74, 6) is -0.650. The van der Waals surface area contributed by atoms with Crippen molar-refractivity contribution in [3.8, 4) is 0 Å². The monoisotopic (exact) mass is 351 g/mol. The van der Waals surface area contributed by atoms with Gasteiger partial charge in [0.2, 0.25) is 0 Å². The topological polar surface area (TPSA) is 120 Å². The van der Waals surface area contributed by atoms with Crippen molar-refractivity contribution in [1.29, 1.82) is 0 Å². The maximum Gasteiger partial charge on any atom is 0.272 e. The first kappa shape index (κ1) is 16.6. The fraction of sp³-hybridized carbons (Fsp3) is 0.429. The van der Waals surface area contributed by atoms with Crippen molar-refractivity contribution >= 4 is 23.2 Å². The van der Waals surface area contributed by atoms with Crippen molar-refractivity contribution < 1.29 is 19.4 Å². The minimum absolute atomic E-state index is 0.0249. The fourth-order valence-corrected chi connectivity index (χ4v) is 2.93. The molecular weight excluding hydrogens is 334 g/mol. The van der Waals surface area contributed by atoms with E-state index in [-0.39, 0.29) is 31.5 Å². The number of hydrogen-bond donors (Lipinski definition) is 3. The molecule has 0 aromatic carbocycles. The van der Waals surface area contributed by atoms with Gasteiger partial charge in [0.25, 0.3) is 11.8 Å². The Morgan fingerprint density at radius 1 is 1.54 bits per heavy atom. The van der Waals surface area contributed by atoms with E-state index in [1.807, 2.05) is 0 Å². The van der Waals surface area contributed by atoms with Crippen molar-refractivity contribution in [2.75, 3.05) is 32.8 Å². The zero-order chi connectivity index (χ0) is 17.0. The smallest absolute Gasteiger partial charge is 0.272 e. The van der Waals surface area contributed by atoms with Crippen LogP contribution in [0.15, 0.2) is 23.2 Å². The zero-order valence-corrected chi connectivity index (χ0v) is 13.6. The largest absolute Gasteiger partial charge is 0.384 e. The van der Waals surface area contributed by atoms with Gasteiger partial charge in [-0.05, 0) is 6.07 Å². The molecule has 128 valence electrons. The number of rotatable bonds is 4. The summed E-state index contributed by atoms with van der Waals surface area (Å²) >= 11 is 1.31. The maximum absolute atomic E-state index is 12.4. The SMILES string of the molecule is O=C(NC[C@@]1(O)COCCN(C(=O)c2ccn[nH]2)C1)c1cscn1. The summed E-state index contributed by atoms with van der Waals surface area (Å²) in [6, 6.07) is 1.57. The summed E-state index contributed by atoms with van der Waals surface area (Å²) in [5.41, 5.74) is 0.815. The molecule has 3 heterocycles. The third-order valence-corrected chi connectivity index (χ3v) is 4.21. The average molecular weight is 351 g/mol. The van der Waals surface area contributed by atoms with E-state index >= 15 is 0 Å². The highest BCUT2D eigenvalue weighted by Crippen LogP contribution is 2.14. The van der Waals surface area contributed by atoms with Gasteiger partial charge in [-0.2, -0.15) is 5.10 Å². The van der Waals surface area contributed by atoms with Gasteiger partial charge in [0.1, 0.15) is 17.0 Å². The van der Waals surface area contributed by atoms with Crippen LogP contribution in [-0.2, 0) is 4.74 Å². The summed E-state index contributed by atoms with van der Waals surface area (Å²) in [7, 11) is 0. The molecule has 2 aromatic heterocycles. The Morgan fingerprint density at radius 3 is 3.12 bits per heavy atom. The van der Waals surface area contributed by atoms with E-state index in [1.165, 1.54) is 22.4 Å². The summed E-state index contributed by atoms with van der Waals surface area (Å²) in [5, 5.41) is 21.4. The normalized spacial score (nSPS) is 21.3. The second-order valence-corrected chi connectivity index (χ2v) is 6.25. The molecule has 2 amide bonds. The number of carbonyl (C=O) groups is 2. The minimum atomic E-state index is -1.38. The highest BCUT2D eigenvalue weighted by atomic mass is 32.1. The van der Waals surface area contributed by atoms with Crippen LogP contribution >= 0.6 is 11.3 Å². The van der Waals surface area contributed by atoms with Crippen LogP contribution in [0.3, 0.4) is 0 Å². The zero-order valence-electron chi connectivity index (χ0n) is 12.8. The first-order valence-electron chi connectivity index (χ1n) is 7.33. The van der Waals surface area contributed by atoms with E-state index in [1.54, 1.807) is 17.0 Å². The van der Waals surface area contributed by atoms with E-state index in [0.717, 1.165) is 0 Å². The van der Waals surface area contributed by atoms with E-state index in [9.17, 15) is 14.7 Å². The average Bonchev–Trinajstić information content (AvgIpc) is 3.25.